The molecular formula is C8H7ClF2N2O2. The number of nitrogens with zero attached hydrogens (tertiary/aromatic N) is 2. The van der Waals surface area contributed by atoms with Gasteiger partial charge in [0.2, 0.25) is 0 Å². The van der Waals surface area contributed by atoms with Crippen molar-refractivity contribution in [3.63, 3.8) is 0 Å². The SMILES string of the molecule is Cc1cnc([N+](=O)[O-])c(C(F)F)c1CCl. The van der Waals surface area contributed by atoms with E-state index < -0.39 is 22.7 Å². The second-order valence-corrected chi connectivity index (χ2v) is 3.12. The molecule has 0 N–H and O–H groups in total. The van der Waals surface area contributed by atoms with Crippen LogP contribution in [0.5, 0.6) is 0 Å². The largest absolute Gasteiger partial charge is 0.372 e. The molecule has 0 aliphatic rings. The highest BCUT2D eigenvalue weighted by Crippen LogP contribution is 2.32. The first-order valence-corrected chi connectivity index (χ1v) is 4.49. The van der Waals surface area contributed by atoms with Crippen LogP contribution in [-0.4, -0.2) is 9.91 Å². The molecule has 0 amide bonds. The molecular weight excluding hydrogens is 230 g/mol. The van der Waals surface area contributed by atoms with Crippen molar-refractivity contribution < 1.29 is 13.7 Å². The predicted octanol–water partition coefficient (Wildman–Crippen LogP) is 2.97. The van der Waals surface area contributed by atoms with Crippen molar-refractivity contribution in [1.82, 2.24) is 4.98 Å². The van der Waals surface area contributed by atoms with Gasteiger partial charge in [-0.25, -0.2) is 8.78 Å². The smallest absolute Gasteiger partial charge is 0.358 e. The average Bonchev–Trinajstić information content (AvgIpc) is 2.16. The van der Waals surface area contributed by atoms with Gasteiger partial charge in [0.05, 0.1) is 0 Å². The zero-order valence-corrected chi connectivity index (χ0v) is 8.46. The van der Waals surface area contributed by atoms with Crippen molar-refractivity contribution in [2.24, 2.45) is 0 Å². The molecule has 0 fully saturated rings. The van der Waals surface area contributed by atoms with E-state index in [-0.39, 0.29) is 11.4 Å². The summed E-state index contributed by atoms with van der Waals surface area (Å²) in [5.41, 5.74) is -0.186. The molecule has 0 radical (unpaired) electrons. The summed E-state index contributed by atoms with van der Waals surface area (Å²) in [7, 11) is 0. The maximum Gasteiger partial charge on any atom is 0.372 e. The molecule has 0 saturated carbocycles. The maximum atomic E-state index is 12.6. The van der Waals surface area contributed by atoms with E-state index >= 15 is 0 Å². The lowest BCUT2D eigenvalue weighted by Crippen LogP contribution is -2.04. The van der Waals surface area contributed by atoms with Crippen LogP contribution in [0.4, 0.5) is 14.6 Å². The van der Waals surface area contributed by atoms with Crippen molar-refractivity contribution in [3.8, 4) is 0 Å². The Kier molecular flexibility index (Phi) is 3.52. The molecule has 0 aliphatic heterocycles. The monoisotopic (exact) mass is 236 g/mol. The lowest BCUT2D eigenvalue weighted by atomic mass is 10.1. The molecule has 15 heavy (non-hydrogen) atoms. The van der Waals surface area contributed by atoms with Gasteiger partial charge in [0.15, 0.2) is 0 Å². The minimum atomic E-state index is -2.95. The fraction of sp³-hybridized carbons (Fsp3) is 0.375. The van der Waals surface area contributed by atoms with Crippen LogP contribution >= 0.6 is 11.6 Å². The summed E-state index contributed by atoms with van der Waals surface area (Å²) < 4.78 is 25.2. The zero-order valence-electron chi connectivity index (χ0n) is 7.71. The van der Waals surface area contributed by atoms with E-state index in [1.807, 2.05) is 0 Å². The fourth-order valence-electron chi connectivity index (χ4n) is 1.20. The Morgan fingerprint density at radius 1 is 1.67 bits per heavy atom. The van der Waals surface area contributed by atoms with Crippen molar-refractivity contribution in [3.05, 3.63) is 33.0 Å². The number of rotatable bonds is 3. The molecule has 1 aromatic rings. The Labute approximate surface area is 89.0 Å². The van der Waals surface area contributed by atoms with E-state index in [4.69, 9.17) is 11.6 Å². The van der Waals surface area contributed by atoms with Crippen LogP contribution in [0.2, 0.25) is 0 Å². The lowest BCUT2D eigenvalue weighted by Gasteiger charge is -2.08. The Bertz CT molecular complexity index is 398. The second kappa shape index (κ2) is 4.48. The van der Waals surface area contributed by atoms with Crippen LogP contribution in [-0.2, 0) is 5.88 Å². The van der Waals surface area contributed by atoms with Crippen LogP contribution < -0.4 is 0 Å². The van der Waals surface area contributed by atoms with E-state index in [9.17, 15) is 18.9 Å². The molecule has 1 heterocycles. The third kappa shape index (κ3) is 2.20. The first-order chi connectivity index (χ1) is 6.99. The lowest BCUT2D eigenvalue weighted by molar-refractivity contribution is -0.391. The molecule has 1 aromatic heterocycles. The summed E-state index contributed by atoms with van der Waals surface area (Å²) in [6.07, 6.45) is -1.78. The molecule has 0 saturated heterocycles. The number of aryl methyl sites for hydroxylation is 1. The summed E-state index contributed by atoms with van der Waals surface area (Å²) >= 11 is 5.47. The van der Waals surface area contributed by atoms with E-state index in [0.717, 1.165) is 0 Å². The highest BCUT2D eigenvalue weighted by Gasteiger charge is 2.27. The number of aromatic nitrogens is 1. The van der Waals surface area contributed by atoms with Gasteiger partial charge in [0.1, 0.15) is 11.8 Å². The molecule has 7 heteroatoms. The van der Waals surface area contributed by atoms with Crippen LogP contribution in [0, 0.1) is 17.0 Å². The normalized spacial score (nSPS) is 10.7. The highest BCUT2D eigenvalue weighted by atomic mass is 35.5. The van der Waals surface area contributed by atoms with Gasteiger partial charge in [-0.05, 0) is 28.0 Å². The topological polar surface area (TPSA) is 56.0 Å². The quantitative estimate of drug-likeness (QED) is 0.461. The summed E-state index contributed by atoms with van der Waals surface area (Å²) in [6, 6.07) is 0. The minimum absolute atomic E-state index is 0.0772. The predicted molar refractivity (Wildman–Crippen MR) is 50.1 cm³/mol. The molecule has 0 spiro atoms. The van der Waals surface area contributed by atoms with E-state index in [1.54, 1.807) is 0 Å². The van der Waals surface area contributed by atoms with Crippen LogP contribution in [0.3, 0.4) is 0 Å². The van der Waals surface area contributed by atoms with Gasteiger partial charge in [0, 0.05) is 5.88 Å². The fourth-order valence-corrected chi connectivity index (χ4v) is 1.56. The van der Waals surface area contributed by atoms with Gasteiger partial charge < -0.3 is 10.1 Å². The number of nitro groups is 1. The van der Waals surface area contributed by atoms with Gasteiger partial charge in [-0.3, -0.25) is 0 Å². The minimum Gasteiger partial charge on any atom is -0.358 e. The Hall–Kier alpha value is -1.30. The summed E-state index contributed by atoms with van der Waals surface area (Å²) in [4.78, 5) is 12.9. The third-order valence-corrected chi connectivity index (χ3v) is 2.21. The second-order valence-electron chi connectivity index (χ2n) is 2.85. The van der Waals surface area contributed by atoms with Crippen molar-refractivity contribution in [2.45, 2.75) is 19.2 Å². The number of hydrogen-bond acceptors (Lipinski definition) is 3. The maximum absolute atomic E-state index is 12.6. The Balaban J connectivity index is 3.49. The molecule has 4 nitrogen and oxygen atoms in total. The average molecular weight is 237 g/mol. The van der Waals surface area contributed by atoms with Gasteiger partial charge >= 0.3 is 5.82 Å². The number of halogens is 3. The van der Waals surface area contributed by atoms with Crippen molar-refractivity contribution in [2.75, 3.05) is 0 Å². The summed E-state index contributed by atoms with van der Waals surface area (Å²) in [5.74, 6) is -1.03. The summed E-state index contributed by atoms with van der Waals surface area (Å²) in [5, 5.41) is 10.5. The third-order valence-electron chi connectivity index (χ3n) is 1.95. The van der Waals surface area contributed by atoms with Crippen LogP contribution in [0.25, 0.3) is 0 Å². The van der Waals surface area contributed by atoms with Crippen LogP contribution in [0.15, 0.2) is 6.20 Å². The first-order valence-electron chi connectivity index (χ1n) is 3.96. The Morgan fingerprint density at radius 3 is 2.67 bits per heavy atom. The number of alkyl halides is 3. The molecule has 0 aliphatic carbocycles. The molecule has 82 valence electrons. The van der Waals surface area contributed by atoms with Gasteiger partial charge in [-0.15, -0.1) is 11.6 Å². The molecule has 0 unspecified atom stereocenters. The first kappa shape index (κ1) is 11.8. The number of hydrogen-bond donors (Lipinski definition) is 0. The molecule has 1 rings (SSSR count). The van der Waals surface area contributed by atoms with E-state index in [2.05, 4.69) is 4.98 Å². The van der Waals surface area contributed by atoms with Gasteiger partial charge in [0.25, 0.3) is 6.43 Å². The molecule has 0 aromatic carbocycles. The van der Waals surface area contributed by atoms with Gasteiger partial charge in [-0.2, -0.15) is 0 Å². The van der Waals surface area contributed by atoms with E-state index in [1.165, 1.54) is 13.1 Å². The summed E-state index contributed by atoms with van der Waals surface area (Å²) in [6.45, 7) is 1.53. The van der Waals surface area contributed by atoms with Crippen molar-refractivity contribution >= 4 is 17.4 Å². The zero-order chi connectivity index (χ0) is 11.6. The van der Waals surface area contributed by atoms with E-state index in [0.29, 0.717) is 5.56 Å². The number of pyridine rings is 1. The Morgan fingerprint density at radius 2 is 2.27 bits per heavy atom. The van der Waals surface area contributed by atoms with Crippen molar-refractivity contribution in [1.29, 1.82) is 0 Å². The highest BCUT2D eigenvalue weighted by molar-refractivity contribution is 6.17. The standard InChI is InChI=1S/C8H7ClF2N2O2/c1-4-3-12-8(13(14)15)6(7(10)11)5(4)2-9/h3,7H,2H2,1H3. The van der Waals surface area contributed by atoms with Gasteiger partial charge in [-0.1, -0.05) is 0 Å². The molecule has 0 bridgehead atoms. The van der Waals surface area contributed by atoms with Crippen LogP contribution in [0.1, 0.15) is 23.1 Å². The molecule has 0 atom stereocenters.